The first-order chi connectivity index (χ1) is 16.6. The molecule has 5 nitrogen and oxygen atoms in total. The van der Waals surface area contributed by atoms with E-state index < -0.39 is 23.5 Å². The van der Waals surface area contributed by atoms with Crippen molar-refractivity contribution < 1.29 is 27.1 Å². The van der Waals surface area contributed by atoms with E-state index in [1.807, 2.05) is 32.0 Å². The minimum atomic E-state index is -4.58. The maximum atomic E-state index is 14.0. The SMILES string of the molecule is Cc1ccc(CCNC(=O)c2c(Oc3cccc(C(F)(F)F)c3)nnc3ccc(F)cc23)c(C)c1. The van der Waals surface area contributed by atoms with Gasteiger partial charge in [0, 0.05) is 11.9 Å². The van der Waals surface area contributed by atoms with E-state index in [-0.39, 0.29) is 34.6 Å². The van der Waals surface area contributed by atoms with Crippen LogP contribution in [-0.4, -0.2) is 22.6 Å². The Kier molecular flexibility index (Phi) is 6.68. The number of hydrogen-bond donors (Lipinski definition) is 1. The van der Waals surface area contributed by atoms with Crippen LogP contribution in [0, 0.1) is 19.7 Å². The van der Waals surface area contributed by atoms with Crippen LogP contribution in [-0.2, 0) is 12.6 Å². The number of nitrogens with zero attached hydrogens (tertiary/aromatic N) is 2. The molecule has 0 aliphatic carbocycles. The predicted octanol–water partition coefficient (Wildman–Crippen LogP) is 6.17. The number of alkyl halides is 3. The highest BCUT2D eigenvalue weighted by Gasteiger charge is 2.31. The van der Waals surface area contributed by atoms with Gasteiger partial charge < -0.3 is 10.1 Å². The van der Waals surface area contributed by atoms with E-state index in [1.54, 1.807) is 0 Å². The molecule has 180 valence electrons. The fourth-order valence-corrected chi connectivity index (χ4v) is 3.72. The van der Waals surface area contributed by atoms with Crippen LogP contribution < -0.4 is 10.1 Å². The molecule has 4 rings (SSSR count). The van der Waals surface area contributed by atoms with Crippen molar-refractivity contribution in [1.82, 2.24) is 15.5 Å². The van der Waals surface area contributed by atoms with Crippen LogP contribution in [0.3, 0.4) is 0 Å². The van der Waals surface area contributed by atoms with Gasteiger partial charge in [0.1, 0.15) is 17.1 Å². The molecule has 0 aliphatic rings. The lowest BCUT2D eigenvalue weighted by atomic mass is 10.0. The van der Waals surface area contributed by atoms with Crippen LogP contribution in [0.15, 0.2) is 60.7 Å². The third-order valence-electron chi connectivity index (χ3n) is 5.47. The van der Waals surface area contributed by atoms with Crippen molar-refractivity contribution in [2.24, 2.45) is 0 Å². The summed E-state index contributed by atoms with van der Waals surface area (Å²) >= 11 is 0. The molecular formula is C26H21F4N3O2. The first-order valence-electron chi connectivity index (χ1n) is 10.8. The van der Waals surface area contributed by atoms with Gasteiger partial charge in [0.05, 0.1) is 11.1 Å². The van der Waals surface area contributed by atoms with Crippen LogP contribution in [0.4, 0.5) is 17.6 Å². The van der Waals surface area contributed by atoms with Crippen molar-refractivity contribution in [2.45, 2.75) is 26.4 Å². The number of aromatic nitrogens is 2. The van der Waals surface area contributed by atoms with Crippen LogP contribution >= 0.6 is 0 Å². The molecule has 1 aromatic heterocycles. The smallest absolute Gasteiger partial charge is 0.416 e. The van der Waals surface area contributed by atoms with Gasteiger partial charge in [0.25, 0.3) is 11.8 Å². The summed E-state index contributed by atoms with van der Waals surface area (Å²) in [6.07, 6.45) is -4.03. The molecule has 1 N–H and O–H groups in total. The third-order valence-corrected chi connectivity index (χ3v) is 5.47. The molecule has 1 amide bonds. The highest BCUT2D eigenvalue weighted by molar-refractivity contribution is 6.07. The number of fused-ring (bicyclic) bond motifs is 1. The van der Waals surface area contributed by atoms with Gasteiger partial charge in [-0.1, -0.05) is 29.8 Å². The number of ether oxygens (including phenoxy) is 1. The minimum Gasteiger partial charge on any atom is -0.437 e. The molecule has 0 atom stereocenters. The molecule has 0 saturated carbocycles. The first-order valence-corrected chi connectivity index (χ1v) is 10.8. The van der Waals surface area contributed by atoms with Crippen molar-refractivity contribution in [3.63, 3.8) is 0 Å². The topological polar surface area (TPSA) is 64.1 Å². The largest absolute Gasteiger partial charge is 0.437 e. The summed E-state index contributed by atoms with van der Waals surface area (Å²) in [6, 6.07) is 13.8. The normalized spacial score (nSPS) is 11.5. The minimum absolute atomic E-state index is 0.118. The molecule has 3 aromatic carbocycles. The number of nitrogens with one attached hydrogen (secondary N) is 1. The monoisotopic (exact) mass is 483 g/mol. The van der Waals surface area contributed by atoms with Gasteiger partial charge in [-0.2, -0.15) is 13.2 Å². The van der Waals surface area contributed by atoms with E-state index in [0.29, 0.717) is 6.42 Å². The Morgan fingerprint density at radius 1 is 1.00 bits per heavy atom. The second-order valence-electron chi connectivity index (χ2n) is 8.11. The molecule has 0 fully saturated rings. The second-order valence-corrected chi connectivity index (χ2v) is 8.11. The quantitative estimate of drug-likeness (QED) is 0.333. The van der Waals surface area contributed by atoms with Crippen molar-refractivity contribution in [2.75, 3.05) is 6.54 Å². The lowest BCUT2D eigenvalue weighted by molar-refractivity contribution is -0.137. The molecular weight excluding hydrogens is 462 g/mol. The molecule has 0 unspecified atom stereocenters. The Morgan fingerprint density at radius 3 is 2.54 bits per heavy atom. The maximum Gasteiger partial charge on any atom is 0.416 e. The standard InChI is InChI=1S/C26H21F4N3O2/c1-15-6-7-17(16(2)12-15)10-11-31-24(34)23-21-14-19(27)8-9-22(21)32-33-25(23)35-20-5-3-4-18(13-20)26(28,29)30/h3-9,12-14H,10-11H2,1-2H3,(H,31,34). The molecule has 0 radical (unpaired) electrons. The number of carbonyl (C=O) groups excluding carboxylic acids is 1. The molecule has 0 spiro atoms. The Labute approximate surface area is 198 Å². The van der Waals surface area contributed by atoms with Gasteiger partial charge >= 0.3 is 6.18 Å². The van der Waals surface area contributed by atoms with Crippen molar-refractivity contribution in [3.05, 3.63) is 94.3 Å². The van der Waals surface area contributed by atoms with E-state index in [4.69, 9.17) is 4.74 Å². The number of amides is 1. The van der Waals surface area contributed by atoms with Gasteiger partial charge in [-0.15, -0.1) is 10.2 Å². The summed E-state index contributed by atoms with van der Waals surface area (Å²) in [7, 11) is 0. The average Bonchev–Trinajstić information content (AvgIpc) is 2.80. The van der Waals surface area contributed by atoms with Gasteiger partial charge in [-0.05, 0) is 67.8 Å². The summed E-state index contributed by atoms with van der Waals surface area (Å²) in [5.41, 5.74) is 2.47. The van der Waals surface area contributed by atoms with Crippen LogP contribution in [0.1, 0.15) is 32.6 Å². The summed E-state index contributed by atoms with van der Waals surface area (Å²) < 4.78 is 58.9. The van der Waals surface area contributed by atoms with E-state index in [2.05, 4.69) is 15.5 Å². The van der Waals surface area contributed by atoms with E-state index in [9.17, 15) is 22.4 Å². The molecule has 0 bridgehead atoms. The Hall–Kier alpha value is -4.01. The highest BCUT2D eigenvalue weighted by atomic mass is 19.4. The van der Waals surface area contributed by atoms with Crippen LogP contribution in [0.2, 0.25) is 0 Å². The molecule has 4 aromatic rings. The maximum absolute atomic E-state index is 14.0. The number of benzene rings is 3. The van der Waals surface area contributed by atoms with Gasteiger partial charge in [-0.3, -0.25) is 4.79 Å². The summed E-state index contributed by atoms with van der Waals surface area (Å²) in [4.78, 5) is 13.2. The van der Waals surface area contributed by atoms with Crippen LogP contribution in [0.25, 0.3) is 10.9 Å². The Morgan fingerprint density at radius 2 is 1.80 bits per heavy atom. The molecule has 1 heterocycles. The molecule has 35 heavy (non-hydrogen) atoms. The summed E-state index contributed by atoms with van der Waals surface area (Å²) in [5.74, 6) is -1.73. The van der Waals surface area contributed by atoms with Crippen molar-refractivity contribution in [3.8, 4) is 11.6 Å². The van der Waals surface area contributed by atoms with Gasteiger partial charge in [-0.25, -0.2) is 4.39 Å². The number of hydrogen-bond acceptors (Lipinski definition) is 4. The van der Waals surface area contributed by atoms with E-state index in [0.717, 1.165) is 34.9 Å². The number of rotatable bonds is 6. The van der Waals surface area contributed by atoms with Gasteiger partial charge in [0.15, 0.2) is 0 Å². The zero-order chi connectivity index (χ0) is 25.2. The molecule has 0 saturated heterocycles. The Bertz CT molecular complexity index is 1400. The highest BCUT2D eigenvalue weighted by Crippen LogP contribution is 2.34. The van der Waals surface area contributed by atoms with Crippen LogP contribution in [0.5, 0.6) is 11.6 Å². The first kappa shape index (κ1) is 24.1. The number of aryl methyl sites for hydroxylation is 2. The summed E-state index contributed by atoms with van der Waals surface area (Å²) in [5, 5.41) is 10.7. The van der Waals surface area contributed by atoms with Crippen molar-refractivity contribution >= 4 is 16.8 Å². The third kappa shape index (κ3) is 5.56. The van der Waals surface area contributed by atoms with Gasteiger partial charge in [0.2, 0.25) is 0 Å². The fourth-order valence-electron chi connectivity index (χ4n) is 3.72. The zero-order valence-electron chi connectivity index (χ0n) is 18.9. The van der Waals surface area contributed by atoms with Crippen molar-refractivity contribution in [1.29, 1.82) is 0 Å². The predicted molar refractivity (Wildman–Crippen MR) is 123 cm³/mol. The average molecular weight is 483 g/mol. The summed E-state index contributed by atoms with van der Waals surface area (Å²) in [6.45, 7) is 4.24. The van der Waals surface area contributed by atoms with E-state index >= 15 is 0 Å². The van der Waals surface area contributed by atoms with E-state index in [1.165, 1.54) is 24.3 Å². The molecule has 9 heteroatoms. The number of halogens is 4. The number of carbonyl (C=O) groups is 1. The fraction of sp³-hybridized carbons (Fsp3) is 0.192. The molecule has 0 aliphatic heterocycles. The zero-order valence-corrected chi connectivity index (χ0v) is 18.9. The lowest BCUT2D eigenvalue weighted by Crippen LogP contribution is -2.27. The second kappa shape index (κ2) is 9.69. The lowest BCUT2D eigenvalue weighted by Gasteiger charge is -2.14. The Balaban J connectivity index is 1.65.